The summed E-state index contributed by atoms with van der Waals surface area (Å²) in [6.45, 7) is 0. The minimum Gasteiger partial charge on any atom is -0.494 e. The molecule has 0 saturated carbocycles. The molecule has 1 aromatic rings. The van der Waals surface area contributed by atoms with Crippen LogP contribution >= 0.6 is 11.3 Å². The first-order valence-electron chi connectivity index (χ1n) is 2.67. The SMILES string of the molecule is CNc1sccc1OC. The molecule has 0 radical (unpaired) electrons. The summed E-state index contributed by atoms with van der Waals surface area (Å²) < 4.78 is 5.02. The van der Waals surface area contributed by atoms with Crippen LogP contribution in [0.25, 0.3) is 0 Å². The van der Waals surface area contributed by atoms with E-state index in [-0.39, 0.29) is 0 Å². The van der Waals surface area contributed by atoms with E-state index in [4.69, 9.17) is 4.74 Å². The van der Waals surface area contributed by atoms with Gasteiger partial charge in [0, 0.05) is 7.05 Å². The molecule has 0 aliphatic carbocycles. The van der Waals surface area contributed by atoms with Crippen molar-refractivity contribution < 1.29 is 4.74 Å². The van der Waals surface area contributed by atoms with Crippen molar-refractivity contribution in [1.82, 2.24) is 0 Å². The van der Waals surface area contributed by atoms with Gasteiger partial charge in [0.25, 0.3) is 0 Å². The molecular formula is C6H9NOS. The van der Waals surface area contributed by atoms with Crippen LogP contribution < -0.4 is 10.1 Å². The maximum Gasteiger partial charge on any atom is 0.153 e. The summed E-state index contributed by atoms with van der Waals surface area (Å²) >= 11 is 1.64. The van der Waals surface area contributed by atoms with Crippen molar-refractivity contribution in [2.24, 2.45) is 0 Å². The number of anilines is 1. The molecular weight excluding hydrogens is 134 g/mol. The molecule has 0 aliphatic heterocycles. The fourth-order valence-corrected chi connectivity index (χ4v) is 1.35. The van der Waals surface area contributed by atoms with E-state index in [2.05, 4.69) is 5.32 Å². The Morgan fingerprint density at radius 1 is 1.67 bits per heavy atom. The molecule has 9 heavy (non-hydrogen) atoms. The van der Waals surface area contributed by atoms with E-state index in [0.29, 0.717) is 0 Å². The number of ether oxygens (including phenoxy) is 1. The van der Waals surface area contributed by atoms with Crippen molar-refractivity contribution in [2.75, 3.05) is 19.5 Å². The standard InChI is InChI=1S/C6H9NOS/c1-7-6-5(8-2)3-4-9-6/h3-4,7H,1-2H3. The lowest BCUT2D eigenvalue weighted by atomic mass is 10.5. The Morgan fingerprint density at radius 3 is 2.89 bits per heavy atom. The van der Waals surface area contributed by atoms with Gasteiger partial charge in [0.2, 0.25) is 0 Å². The Bertz CT molecular complexity index is 166. The summed E-state index contributed by atoms with van der Waals surface area (Å²) in [7, 11) is 3.55. The van der Waals surface area contributed by atoms with Crippen LogP contribution in [-0.4, -0.2) is 14.2 Å². The molecule has 0 aromatic carbocycles. The fraction of sp³-hybridized carbons (Fsp3) is 0.333. The summed E-state index contributed by atoms with van der Waals surface area (Å²) in [6.07, 6.45) is 0. The molecule has 0 atom stereocenters. The average molecular weight is 143 g/mol. The smallest absolute Gasteiger partial charge is 0.153 e. The van der Waals surface area contributed by atoms with Gasteiger partial charge >= 0.3 is 0 Å². The Balaban J connectivity index is 2.85. The molecule has 0 amide bonds. The average Bonchev–Trinajstić information content (AvgIpc) is 2.33. The number of methoxy groups -OCH3 is 1. The first-order valence-corrected chi connectivity index (χ1v) is 3.55. The molecule has 0 spiro atoms. The van der Waals surface area contributed by atoms with Crippen molar-refractivity contribution >= 4 is 16.3 Å². The zero-order chi connectivity index (χ0) is 6.69. The highest BCUT2D eigenvalue weighted by Crippen LogP contribution is 2.29. The minimum absolute atomic E-state index is 0.919. The van der Waals surface area contributed by atoms with Gasteiger partial charge in [-0.2, -0.15) is 0 Å². The number of hydrogen-bond acceptors (Lipinski definition) is 3. The van der Waals surface area contributed by atoms with Gasteiger partial charge in [-0.25, -0.2) is 0 Å². The fourth-order valence-electron chi connectivity index (χ4n) is 0.640. The molecule has 50 valence electrons. The third-order valence-electron chi connectivity index (χ3n) is 1.08. The Morgan fingerprint density at radius 2 is 2.44 bits per heavy atom. The van der Waals surface area contributed by atoms with Gasteiger partial charge in [-0.3, -0.25) is 0 Å². The summed E-state index contributed by atoms with van der Waals surface area (Å²) in [5.74, 6) is 0.919. The predicted octanol–water partition coefficient (Wildman–Crippen LogP) is 1.80. The molecule has 3 heteroatoms. The van der Waals surface area contributed by atoms with Crippen LogP contribution in [-0.2, 0) is 0 Å². The normalized spacial score (nSPS) is 9.11. The zero-order valence-corrected chi connectivity index (χ0v) is 6.29. The van der Waals surface area contributed by atoms with E-state index in [1.54, 1.807) is 18.4 Å². The van der Waals surface area contributed by atoms with Crippen molar-refractivity contribution in [3.8, 4) is 5.75 Å². The van der Waals surface area contributed by atoms with Crippen molar-refractivity contribution in [2.45, 2.75) is 0 Å². The van der Waals surface area contributed by atoms with Gasteiger partial charge in [-0.05, 0) is 11.4 Å². The molecule has 1 heterocycles. The largest absolute Gasteiger partial charge is 0.494 e. The number of hydrogen-bond donors (Lipinski definition) is 1. The maximum absolute atomic E-state index is 5.02. The van der Waals surface area contributed by atoms with E-state index in [9.17, 15) is 0 Å². The molecule has 1 N–H and O–H groups in total. The quantitative estimate of drug-likeness (QED) is 0.681. The Labute approximate surface area is 58.5 Å². The lowest BCUT2D eigenvalue weighted by Gasteiger charge is -1.98. The lowest BCUT2D eigenvalue weighted by molar-refractivity contribution is 0.418. The lowest BCUT2D eigenvalue weighted by Crippen LogP contribution is -1.87. The first kappa shape index (κ1) is 6.42. The Kier molecular flexibility index (Phi) is 1.95. The van der Waals surface area contributed by atoms with Crippen LogP contribution in [0.5, 0.6) is 5.75 Å². The van der Waals surface area contributed by atoms with Gasteiger partial charge in [0.05, 0.1) is 7.11 Å². The summed E-state index contributed by atoms with van der Waals surface area (Å²) in [5, 5.41) is 6.09. The second-order valence-electron chi connectivity index (χ2n) is 1.57. The van der Waals surface area contributed by atoms with Gasteiger partial charge < -0.3 is 10.1 Å². The second kappa shape index (κ2) is 2.73. The molecule has 2 nitrogen and oxygen atoms in total. The molecule has 0 fully saturated rings. The van der Waals surface area contributed by atoms with Crippen LogP contribution in [0.3, 0.4) is 0 Å². The van der Waals surface area contributed by atoms with E-state index < -0.39 is 0 Å². The third kappa shape index (κ3) is 1.16. The molecule has 1 aromatic heterocycles. The monoisotopic (exact) mass is 143 g/mol. The zero-order valence-electron chi connectivity index (χ0n) is 5.47. The predicted molar refractivity (Wildman–Crippen MR) is 40.4 cm³/mol. The summed E-state index contributed by atoms with van der Waals surface area (Å²) in [6, 6.07) is 1.94. The van der Waals surface area contributed by atoms with Crippen molar-refractivity contribution in [3.05, 3.63) is 11.4 Å². The van der Waals surface area contributed by atoms with Crippen molar-refractivity contribution in [3.63, 3.8) is 0 Å². The van der Waals surface area contributed by atoms with Crippen LogP contribution in [0, 0.1) is 0 Å². The van der Waals surface area contributed by atoms with Crippen LogP contribution in [0.15, 0.2) is 11.4 Å². The first-order chi connectivity index (χ1) is 4.38. The van der Waals surface area contributed by atoms with Crippen LogP contribution in [0.4, 0.5) is 5.00 Å². The van der Waals surface area contributed by atoms with E-state index in [1.165, 1.54) is 0 Å². The maximum atomic E-state index is 5.02. The molecule has 0 saturated heterocycles. The van der Waals surface area contributed by atoms with Crippen molar-refractivity contribution in [1.29, 1.82) is 0 Å². The highest BCUT2D eigenvalue weighted by Gasteiger charge is 1.98. The summed E-state index contributed by atoms with van der Waals surface area (Å²) in [5.41, 5.74) is 0. The number of rotatable bonds is 2. The highest BCUT2D eigenvalue weighted by molar-refractivity contribution is 7.14. The van der Waals surface area contributed by atoms with E-state index in [1.807, 2.05) is 18.5 Å². The van der Waals surface area contributed by atoms with Gasteiger partial charge in [-0.1, -0.05) is 0 Å². The molecule has 0 aliphatic rings. The van der Waals surface area contributed by atoms with Crippen LogP contribution in [0.1, 0.15) is 0 Å². The second-order valence-corrected chi connectivity index (χ2v) is 2.48. The highest BCUT2D eigenvalue weighted by atomic mass is 32.1. The van der Waals surface area contributed by atoms with Gasteiger partial charge in [0.1, 0.15) is 5.00 Å². The third-order valence-corrected chi connectivity index (χ3v) is 1.99. The summed E-state index contributed by atoms with van der Waals surface area (Å²) in [4.78, 5) is 0. The Hall–Kier alpha value is -0.700. The molecule has 0 unspecified atom stereocenters. The topological polar surface area (TPSA) is 21.3 Å². The number of nitrogens with one attached hydrogen (secondary N) is 1. The molecule has 1 rings (SSSR count). The van der Waals surface area contributed by atoms with Crippen LogP contribution in [0.2, 0.25) is 0 Å². The van der Waals surface area contributed by atoms with Gasteiger partial charge in [0.15, 0.2) is 5.75 Å². The minimum atomic E-state index is 0.919. The van der Waals surface area contributed by atoms with Gasteiger partial charge in [-0.15, -0.1) is 11.3 Å². The number of thiophene rings is 1. The molecule has 0 bridgehead atoms. The van der Waals surface area contributed by atoms with E-state index in [0.717, 1.165) is 10.8 Å². The van der Waals surface area contributed by atoms with E-state index >= 15 is 0 Å².